The van der Waals surface area contributed by atoms with E-state index in [4.69, 9.17) is 0 Å². The van der Waals surface area contributed by atoms with E-state index in [0.717, 1.165) is 24.9 Å². The Kier molecular flexibility index (Phi) is 18.6. The third-order valence-corrected chi connectivity index (χ3v) is 26.9. The Balaban J connectivity index is 0.873. The summed E-state index contributed by atoms with van der Waals surface area (Å²) in [7, 11) is 0. The van der Waals surface area contributed by atoms with Gasteiger partial charge in [0.15, 0.2) is 0 Å². The number of fused-ring (bicyclic) bond motifs is 9. The van der Waals surface area contributed by atoms with E-state index in [9.17, 15) is 0 Å². The quantitative estimate of drug-likeness (QED) is 0.0611. The molecule has 0 aliphatic carbocycles. The fraction of sp³-hybridized carbons (Fsp3) is 0.214. The molecule has 18 aromatic rings. The summed E-state index contributed by atoms with van der Waals surface area (Å²) < 4.78 is 2.59. The SMILES string of the molecule is CC(C)(C)c1ccc(Cc2cc3c4c(c2)N(CCc2c(-c5ccccc5)cc(C(C)(C)C)cc2-c2ccccc2)c2cc(-n5c6ccc(C(C)(C)C)cc6c6cc(C(C)(C)C)ccc65)ccc2B4c2ccc(-c4ccc5c6cccc7cccc(c8cccc4c85)c76)cc2N3CCc2c(-c3ccccc3)cc(C(C)(C)C)cc2-c2ccccc2)cc1. The largest absolute Gasteiger partial charge is 0.342 e. The van der Waals surface area contributed by atoms with Gasteiger partial charge < -0.3 is 14.4 Å². The van der Waals surface area contributed by atoms with Crippen molar-refractivity contribution in [3.8, 4) is 61.3 Å². The fourth-order valence-electron chi connectivity index (χ4n) is 20.3. The lowest BCUT2D eigenvalue weighted by Gasteiger charge is -2.45. The number of rotatable bonds is 14. The van der Waals surface area contributed by atoms with Crippen LogP contribution in [-0.2, 0) is 46.3 Å². The summed E-state index contributed by atoms with van der Waals surface area (Å²) in [4.78, 5) is 5.62. The van der Waals surface area contributed by atoms with Crippen molar-refractivity contribution >= 4 is 111 Å². The lowest BCUT2D eigenvalue weighted by molar-refractivity contribution is 0.590. The molecule has 2 aliphatic heterocycles. The summed E-state index contributed by atoms with van der Waals surface area (Å²) in [6.45, 7) is 36.5. The van der Waals surface area contributed by atoms with E-state index in [-0.39, 0.29) is 33.8 Å². The van der Waals surface area contributed by atoms with E-state index < -0.39 is 0 Å². The second kappa shape index (κ2) is 29.2. The van der Waals surface area contributed by atoms with Crippen LogP contribution in [0.5, 0.6) is 0 Å². The molecule has 1 aromatic heterocycles. The molecule has 0 spiro atoms. The van der Waals surface area contributed by atoms with Gasteiger partial charge in [-0.2, -0.15) is 0 Å². The predicted octanol–water partition coefficient (Wildman–Crippen LogP) is 29.2. The summed E-state index contributed by atoms with van der Waals surface area (Å²) in [6, 6.07) is 125. The molecule has 0 fully saturated rings. The first-order valence-electron chi connectivity index (χ1n) is 44.0. The lowest BCUT2D eigenvalue weighted by Crippen LogP contribution is -2.62. The molecule has 0 radical (unpaired) electrons. The summed E-state index contributed by atoms with van der Waals surface area (Å²) in [6.07, 6.45) is 2.27. The van der Waals surface area contributed by atoms with E-state index in [1.165, 1.54) is 210 Å². The van der Waals surface area contributed by atoms with E-state index >= 15 is 0 Å². The summed E-state index contributed by atoms with van der Waals surface area (Å²) >= 11 is 0. The average Bonchev–Trinajstić information content (AvgIpc) is 1.02. The maximum atomic E-state index is 2.81. The molecule has 0 saturated carbocycles. The molecular weight excluding hydrogens is 1460 g/mol. The molecule has 0 saturated heterocycles. The normalized spacial score (nSPS) is 13.2. The molecule has 17 aromatic carbocycles. The Labute approximate surface area is 716 Å². The fourth-order valence-corrected chi connectivity index (χ4v) is 20.3. The predicted molar refractivity (Wildman–Crippen MR) is 524 cm³/mol. The van der Waals surface area contributed by atoms with Gasteiger partial charge in [-0.05, 0) is 266 Å². The summed E-state index contributed by atoms with van der Waals surface area (Å²) in [5.74, 6) is 0. The number of anilines is 4. The summed E-state index contributed by atoms with van der Waals surface area (Å²) in [5, 5.41) is 13.0. The third-order valence-electron chi connectivity index (χ3n) is 26.9. The average molecular weight is 1570 g/mol. The van der Waals surface area contributed by atoms with Crippen LogP contribution in [0.4, 0.5) is 22.7 Å². The van der Waals surface area contributed by atoms with Crippen LogP contribution in [0.2, 0.25) is 0 Å². The Morgan fingerprint density at radius 2 is 0.653 bits per heavy atom. The van der Waals surface area contributed by atoms with E-state index in [1.807, 2.05) is 0 Å². The molecule has 4 heteroatoms. The number of hydrogen-bond acceptors (Lipinski definition) is 2. The molecular formula is C117H108BN3. The summed E-state index contributed by atoms with van der Waals surface area (Å²) in [5.41, 5.74) is 36.6. The molecule has 20 rings (SSSR count). The van der Waals surface area contributed by atoms with Crippen LogP contribution >= 0.6 is 0 Å². The first kappa shape index (κ1) is 77.1. The van der Waals surface area contributed by atoms with Gasteiger partial charge in [0.25, 0.3) is 6.71 Å². The minimum atomic E-state index is -0.155. The molecule has 0 N–H and O–H groups in total. The van der Waals surface area contributed by atoms with Gasteiger partial charge in [-0.25, -0.2) is 0 Å². The second-order valence-corrected chi connectivity index (χ2v) is 39.9. The topological polar surface area (TPSA) is 11.4 Å². The molecule has 3 heterocycles. The van der Waals surface area contributed by atoms with Crippen molar-refractivity contribution in [3.63, 3.8) is 0 Å². The van der Waals surface area contributed by atoms with Gasteiger partial charge in [-0.15, -0.1) is 0 Å². The zero-order valence-corrected chi connectivity index (χ0v) is 73.1. The van der Waals surface area contributed by atoms with Gasteiger partial charge in [0.05, 0.1) is 11.0 Å². The lowest BCUT2D eigenvalue weighted by atomic mass is 9.33. The Morgan fingerprint density at radius 1 is 0.256 bits per heavy atom. The molecule has 3 nitrogen and oxygen atoms in total. The Hall–Kier alpha value is -12.5. The molecule has 0 amide bonds. The van der Waals surface area contributed by atoms with Gasteiger partial charge in [0, 0.05) is 52.3 Å². The Bertz CT molecular complexity index is 6850. The highest BCUT2D eigenvalue weighted by Gasteiger charge is 2.44. The molecule has 2 aliphatic rings. The van der Waals surface area contributed by atoms with E-state index in [2.05, 4.69) is 440 Å². The Morgan fingerprint density at radius 3 is 1.10 bits per heavy atom. The zero-order valence-electron chi connectivity index (χ0n) is 73.1. The highest BCUT2D eigenvalue weighted by Crippen LogP contribution is 2.49. The minimum absolute atomic E-state index is 0.000776. The van der Waals surface area contributed by atoms with Gasteiger partial charge >= 0.3 is 0 Å². The van der Waals surface area contributed by atoms with Crippen LogP contribution < -0.4 is 26.2 Å². The van der Waals surface area contributed by atoms with Gasteiger partial charge in [-0.1, -0.05) is 371 Å². The van der Waals surface area contributed by atoms with Crippen molar-refractivity contribution in [2.75, 3.05) is 22.9 Å². The van der Waals surface area contributed by atoms with Crippen molar-refractivity contribution in [1.82, 2.24) is 4.57 Å². The van der Waals surface area contributed by atoms with Crippen LogP contribution in [-0.4, -0.2) is 24.4 Å². The molecule has 121 heavy (non-hydrogen) atoms. The second-order valence-electron chi connectivity index (χ2n) is 39.9. The van der Waals surface area contributed by atoms with Crippen LogP contribution in [0.15, 0.2) is 322 Å². The zero-order chi connectivity index (χ0) is 83.3. The van der Waals surface area contributed by atoms with Crippen LogP contribution in [0, 0.1) is 0 Å². The van der Waals surface area contributed by atoms with Gasteiger partial charge in [0.1, 0.15) is 0 Å². The van der Waals surface area contributed by atoms with Gasteiger partial charge in [-0.3, -0.25) is 0 Å². The third kappa shape index (κ3) is 13.6. The molecule has 0 bridgehead atoms. The number of hydrogen-bond donors (Lipinski definition) is 0. The van der Waals surface area contributed by atoms with Crippen molar-refractivity contribution in [1.29, 1.82) is 0 Å². The standard InChI is InChI=1S/C117H108BN3/c1-113(2,3)82-48-45-74(46-49-82)63-75-64-108-112-109(65-75)120(62-60-90-98(78-35-24-18-25-36-78)71-86(117(13,14)15)72-99(90)79-37-26-19-27-38-79)107-73-87(121-104-57-50-83(114(4,5)6)67-100(104)101-68-84(115(7,8)9)51-58-105(101)121)52-56-103(107)118(112)102-55-47-81(88-53-54-95-93-42-29-40-80-39-28-41-92(110(80)93)94-44-30-43-91(88)111(94)95)66-106(102)119(108)61-59-89-96(76-31-20-16-21-32-76)69-85(116(10,11)12)70-97(89)77-33-22-17-23-34-77/h16-58,64-73H,59-63H2,1-15H3. The first-order chi connectivity index (χ1) is 58.2. The molecule has 594 valence electrons. The van der Waals surface area contributed by atoms with Crippen LogP contribution in [0.3, 0.4) is 0 Å². The van der Waals surface area contributed by atoms with Crippen LogP contribution in [0.25, 0.3) is 126 Å². The smallest absolute Gasteiger partial charge is 0.252 e. The van der Waals surface area contributed by atoms with Gasteiger partial charge in [0.2, 0.25) is 0 Å². The highest BCUT2D eigenvalue weighted by molar-refractivity contribution is 7.00. The van der Waals surface area contributed by atoms with Crippen molar-refractivity contribution in [2.45, 2.75) is 150 Å². The van der Waals surface area contributed by atoms with E-state index in [0.29, 0.717) is 13.1 Å². The minimum Gasteiger partial charge on any atom is -0.342 e. The van der Waals surface area contributed by atoms with E-state index in [1.54, 1.807) is 0 Å². The number of nitrogens with zero attached hydrogens (tertiary/aromatic N) is 3. The van der Waals surface area contributed by atoms with Crippen molar-refractivity contribution in [3.05, 3.63) is 372 Å². The monoisotopic (exact) mass is 1570 g/mol. The molecule has 0 atom stereocenters. The maximum absolute atomic E-state index is 2.81. The molecule has 0 unspecified atom stereocenters. The highest BCUT2D eigenvalue weighted by atomic mass is 15.2. The number of benzene rings is 17. The van der Waals surface area contributed by atoms with Crippen LogP contribution in [0.1, 0.15) is 154 Å². The van der Waals surface area contributed by atoms with Crippen molar-refractivity contribution < 1.29 is 0 Å². The van der Waals surface area contributed by atoms with Crippen molar-refractivity contribution in [2.24, 2.45) is 0 Å². The maximum Gasteiger partial charge on any atom is 0.252 e. The number of aromatic nitrogens is 1. The first-order valence-corrected chi connectivity index (χ1v) is 44.0.